The molecule has 1 heterocycles. The Morgan fingerprint density at radius 3 is 2.64 bits per heavy atom. The monoisotopic (exact) mass is 294 g/mol. The number of ether oxygens (including phenoxy) is 1. The van der Waals surface area contributed by atoms with E-state index in [0.717, 1.165) is 12.0 Å². The van der Waals surface area contributed by atoms with E-state index in [0.29, 0.717) is 6.61 Å². The zero-order valence-electron chi connectivity index (χ0n) is 12.5. The smallest absolute Gasteiger partial charge is 0.430 e. The lowest BCUT2D eigenvalue weighted by molar-refractivity contribution is 0.159. The van der Waals surface area contributed by atoms with Crippen LogP contribution in [0.15, 0.2) is 59.7 Å². The highest BCUT2D eigenvalue weighted by molar-refractivity contribution is 5.81. The van der Waals surface area contributed by atoms with Gasteiger partial charge in [0.05, 0.1) is 12.3 Å². The van der Waals surface area contributed by atoms with Crippen LogP contribution in [0.1, 0.15) is 16.7 Å². The van der Waals surface area contributed by atoms with Crippen LogP contribution < -0.4 is 0 Å². The molecule has 1 aliphatic heterocycles. The predicted octanol–water partition coefficient (Wildman–Crippen LogP) is 3.39. The van der Waals surface area contributed by atoms with Crippen molar-refractivity contribution in [1.29, 1.82) is 0 Å². The maximum atomic E-state index is 11.8. The van der Waals surface area contributed by atoms with E-state index >= 15 is 0 Å². The van der Waals surface area contributed by atoms with Crippen molar-refractivity contribution in [3.63, 3.8) is 0 Å². The predicted molar refractivity (Wildman–Crippen MR) is 85.9 cm³/mol. The number of amides is 1. The van der Waals surface area contributed by atoms with Gasteiger partial charge >= 0.3 is 6.09 Å². The van der Waals surface area contributed by atoms with E-state index in [1.807, 2.05) is 61.5 Å². The zero-order valence-corrected chi connectivity index (χ0v) is 12.5. The van der Waals surface area contributed by atoms with Crippen LogP contribution in [0.2, 0.25) is 0 Å². The molecule has 0 bridgehead atoms. The van der Waals surface area contributed by atoms with Gasteiger partial charge < -0.3 is 4.74 Å². The van der Waals surface area contributed by atoms with Gasteiger partial charge in [-0.3, -0.25) is 0 Å². The first kappa shape index (κ1) is 14.3. The third-order valence-corrected chi connectivity index (χ3v) is 3.65. The number of carbonyl (C=O) groups is 1. The Bertz CT molecular complexity index is 665. The zero-order chi connectivity index (χ0) is 15.4. The lowest BCUT2D eigenvalue weighted by Crippen LogP contribution is -2.30. The molecule has 0 spiro atoms. The van der Waals surface area contributed by atoms with Crippen molar-refractivity contribution >= 4 is 12.3 Å². The highest BCUT2D eigenvalue weighted by atomic mass is 16.6. The molecule has 0 N–H and O–H groups in total. The number of carbonyl (C=O) groups excluding carboxylic acids is 1. The lowest BCUT2D eigenvalue weighted by Gasteiger charge is -2.15. The summed E-state index contributed by atoms with van der Waals surface area (Å²) in [6, 6.07) is 18.0. The molecule has 2 aromatic carbocycles. The Balaban J connectivity index is 1.72. The van der Waals surface area contributed by atoms with Crippen molar-refractivity contribution in [2.45, 2.75) is 19.4 Å². The SMILES string of the molecule is Cc1ccc(/C=N/N2C(=O)OC[C@@H]2Cc2ccccc2)cc1. The molecule has 3 rings (SSSR count). The number of aryl methyl sites for hydroxylation is 1. The quantitative estimate of drug-likeness (QED) is 0.811. The first-order valence-corrected chi connectivity index (χ1v) is 7.33. The van der Waals surface area contributed by atoms with Gasteiger partial charge in [0, 0.05) is 0 Å². The van der Waals surface area contributed by atoms with E-state index in [9.17, 15) is 4.79 Å². The highest BCUT2D eigenvalue weighted by Crippen LogP contribution is 2.17. The third kappa shape index (κ3) is 3.34. The van der Waals surface area contributed by atoms with Gasteiger partial charge in [-0.2, -0.15) is 10.1 Å². The standard InChI is InChI=1S/C18H18N2O2/c1-14-7-9-16(10-8-14)12-19-20-17(13-22-18(20)21)11-15-5-3-2-4-6-15/h2-10,12,17H,11,13H2,1H3/b19-12+/t17-/m0/s1. The second-order valence-electron chi connectivity index (χ2n) is 5.42. The Labute approximate surface area is 130 Å². The van der Waals surface area contributed by atoms with Crippen LogP contribution in [0.4, 0.5) is 4.79 Å². The van der Waals surface area contributed by atoms with E-state index in [4.69, 9.17) is 4.74 Å². The fraction of sp³-hybridized carbons (Fsp3) is 0.222. The number of hydrogen-bond acceptors (Lipinski definition) is 3. The molecule has 4 heteroatoms. The van der Waals surface area contributed by atoms with Crippen molar-refractivity contribution in [2.75, 3.05) is 6.61 Å². The summed E-state index contributed by atoms with van der Waals surface area (Å²) in [6.07, 6.45) is 2.05. The summed E-state index contributed by atoms with van der Waals surface area (Å²) in [5, 5.41) is 5.75. The van der Waals surface area contributed by atoms with Crippen molar-refractivity contribution in [2.24, 2.45) is 5.10 Å². The van der Waals surface area contributed by atoms with Gasteiger partial charge in [0.25, 0.3) is 0 Å². The van der Waals surface area contributed by atoms with E-state index in [1.165, 1.54) is 16.1 Å². The van der Waals surface area contributed by atoms with Crippen LogP contribution in [0, 0.1) is 6.92 Å². The van der Waals surface area contributed by atoms with Gasteiger partial charge in [0.2, 0.25) is 0 Å². The minimum Gasteiger partial charge on any atom is -0.446 e. The number of cyclic esters (lactones) is 1. The fourth-order valence-corrected chi connectivity index (χ4v) is 2.41. The molecule has 0 unspecified atom stereocenters. The Morgan fingerprint density at radius 2 is 1.91 bits per heavy atom. The Kier molecular flexibility index (Phi) is 4.19. The fourth-order valence-electron chi connectivity index (χ4n) is 2.41. The molecule has 1 aliphatic rings. The van der Waals surface area contributed by atoms with Gasteiger partial charge in [-0.1, -0.05) is 60.2 Å². The third-order valence-electron chi connectivity index (χ3n) is 3.65. The lowest BCUT2D eigenvalue weighted by atomic mass is 10.1. The number of hydrogen-bond donors (Lipinski definition) is 0. The summed E-state index contributed by atoms with van der Waals surface area (Å²) in [5.41, 5.74) is 3.32. The van der Waals surface area contributed by atoms with E-state index < -0.39 is 0 Å². The molecular weight excluding hydrogens is 276 g/mol. The van der Waals surface area contributed by atoms with Crippen LogP contribution in [-0.2, 0) is 11.2 Å². The van der Waals surface area contributed by atoms with Gasteiger partial charge in [0.1, 0.15) is 6.61 Å². The molecule has 0 aliphatic carbocycles. The normalized spacial score (nSPS) is 18.0. The molecule has 0 aromatic heterocycles. The molecular formula is C18H18N2O2. The summed E-state index contributed by atoms with van der Waals surface area (Å²) in [7, 11) is 0. The highest BCUT2D eigenvalue weighted by Gasteiger charge is 2.32. The van der Waals surface area contributed by atoms with Crippen molar-refractivity contribution in [3.05, 3.63) is 71.3 Å². The molecule has 4 nitrogen and oxygen atoms in total. The maximum Gasteiger partial charge on any atom is 0.430 e. The first-order chi connectivity index (χ1) is 10.7. The summed E-state index contributed by atoms with van der Waals surface area (Å²) in [6.45, 7) is 2.41. The molecule has 1 fully saturated rings. The summed E-state index contributed by atoms with van der Waals surface area (Å²) in [5.74, 6) is 0. The van der Waals surface area contributed by atoms with Gasteiger partial charge in [-0.15, -0.1) is 0 Å². The Hall–Kier alpha value is -2.62. The van der Waals surface area contributed by atoms with Crippen LogP contribution in [0.25, 0.3) is 0 Å². The average Bonchev–Trinajstić information content (AvgIpc) is 2.88. The molecule has 0 radical (unpaired) electrons. The largest absolute Gasteiger partial charge is 0.446 e. The average molecular weight is 294 g/mol. The first-order valence-electron chi connectivity index (χ1n) is 7.33. The topological polar surface area (TPSA) is 41.9 Å². The number of nitrogens with zero attached hydrogens (tertiary/aromatic N) is 2. The van der Waals surface area contributed by atoms with Crippen LogP contribution in [0.3, 0.4) is 0 Å². The second-order valence-corrected chi connectivity index (χ2v) is 5.42. The van der Waals surface area contributed by atoms with Crippen molar-refractivity contribution < 1.29 is 9.53 Å². The van der Waals surface area contributed by atoms with Gasteiger partial charge in [0.15, 0.2) is 0 Å². The number of hydrazone groups is 1. The van der Waals surface area contributed by atoms with Crippen molar-refractivity contribution in [3.8, 4) is 0 Å². The summed E-state index contributed by atoms with van der Waals surface area (Å²) < 4.78 is 5.13. The summed E-state index contributed by atoms with van der Waals surface area (Å²) >= 11 is 0. The van der Waals surface area contributed by atoms with Gasteiger partial charge in [-0.25, -0.2) is 4.79 Å². The molecule has 112 valence electrons. The number of benzene rings is 2. The molecule has 1 saturated heterocycles. The second kappa shape index (κ2) is 6.43. The van der Waals surface area contributed by atoms with Crippen LogP contribution >= 0.6 is 0 Å². The van der Waals surface area contributed by atoms with E-state index in [-0.39, 0.29) is 12.1 Å². The minimum atomic E-state index is -0.385. The van der Waals surface area contributed by atoms with E-state index in [1.54, 1.807) is 6.21 Å². The molecule has 1 atom stereocenters. The van der Waals surface area contributed by atoms with Crippen LogP contribution in [0.5, 0.6) is 0 Å². The maximum absolute atomic E-state index is 11.8. The molecule has 1 amide bonds. The molecule has 2 aromatic rings. The van der Waals surface area contributed by atoms with E-state index in [2.05, 4.69) is 5.10 Å². The number of rotatable bonds is 4. The van der Waals surface area contributed by atoms with Crippen LogP contribution in [-0.4, -0.2) is 30.0 Å². The Morgan fingerprint density at radius 1 is 1.18 bits per heavy atom. The molecule has 0 saturated carbocycles. The minimum absolute atomic E-state index is 0.0587. The van der Waals surface area contributed by atoms with Crippen molar-refractivity contribution in [1.82, 2.24) is 5.01 Å². The van der Waals surface area contributed by atoms with Gasteiger partial charge in [-0.05, 0) is 24.5 Å². The molecule has 22 heavy (non-hydrogen) atoms. The summed E-state index contributed by atoms with van der Waals surface area (Å²) in [4.78, 5) is 11.8.